The predicted octanol–water partition coefficient (Wildman–Crippen LogP) is 1.95. The summed E-state index contributed by atoms with van der Waals surface area (Å²) in [4.78, 5) is 25.5. The van der Waals surface area contributed by atoms with E-state index in [9.17, 15) is 9.59 Å². The number of H-pyrrole nitrogens is 1. The highest BCUT2D eigenvalue weighted by Crippen LogP contribution is 2.18. The third kappa shape index (κ3) is 4.26. The van der Waals surface area contributed by atoms with Gasteiger partial charge in [-0.3, -0.25) is 14.7 Å². The van der Waals surface area contributed by atoms with Gasteiger partial charge in [-0.05, 0) is 32.6 Å². The Labute approximate surface area is 135 Å². The van der Waals surface area contributed by atoms with E-state index in [0.29, 0.717) is 6.54 Å². The lowest BCUT2D eigenvalue weighted by Gasteiger charge is -2.25. The molecular formula is C17H22N4O2. The number of nitrogens with zero attached hydrogens (tertiary/aromatic N) is 2. The fraction of sp³-hybridized carbons (Fsp3) is 0.353. The molecule has 122 valence electrons. The number of nitrogens with one attached hydrogen (secondary N) is 2. The number of hydrogen-bond acceptors (Lipinski definition) is 4. The number of hydrogen-bond donors (Lipinski definition) is 2. The van der Waals surface area contributed by atoms with E-state index in [2.05, 4.69) is 44.7 Å². The first-order chi connectivity index (χ1) is 10.9. The molecule has 1 amide bonds. The normalized spacial score (nSPS) is 12.2. The molecule has 1 heterocycles. The van der Waals surface area contributed by atoms with Crippen molar-refractivity contribution in [3.8, 4) is 0 Å². The van der Waals surface area contributed by atoms with Crippen LogP contribution in [0.5, 0.6) is 0 Å². The zero-order valence-electron chi connectivity index (χ0n) is 13.9. The first-order valence-corrected chi connectivity index (χ1v) is 7.46. The molecule has 6 heteroatoms. The van der Waals surface area contributed by atoms with Crippen LogP contribution in [-0.4, -0.2) is 47.4 Å². The largest absolute Gasteiger partial charge is 0.349 e. The number of benzene rings is 1. The summed E-state index contributed by atoms with van der Waals surface area (Å²) in [6.45, 7) is 3.92. The Morgan fingerprint density at radius 2 is 1.91 bits per heavy atom. The number of Topliss-reactive ketones (excluding diaryl/α,β-unsaturated/α-hetero) is 1. The molecule has 1 aromatic heterocycles. The highest BCUT2D eigenvalue weighted by Gasteiger charge is 2.17. The van der Waals surface area contributed by atoms with Crippen LogP contribution in [0, 0.1) is 6.92 Å². The van der Waals surface area contributed by atoms with Gasteiger partial charge >= 0.3 is 0 Å². The summed E-state index contributed by atoms with van der Waals surface area (Å²) in [7, 11) is 3.95. The van der Waals surface area contributed by atoms with Crippen molar-refractivity contribution in [1.29, 1.82) is 0 Å². The van der Waals surface area contributed by atoms with Crippen molar-refractivity contribution < 1.29 is 9.59 Å². The topological polar surface area (TPSA) is 78.1 Å². The molecule has 1 atom stereocenters. The SMILES string of the molecule is CC(=O)c1cc(C(=O)NCC(c2ccc(C)cc2)N(C)C)[nH]n1. The number of carbonyl (C=O) groups excluding carboxylic acids is 2. The fourth-order valence-corrected chi connectivity index (χ4v) is 2.29. The summed E-state index contributed by atoms with van der Waals surface area (Å²) in [5.74, 6) is -0.449. The Morgan fingerprint density at radius 1 is 1.26 bits per heavy atom. The molecule has 0 aliphatic carbocycles. The number of amides is 1. The van der Waals surface area contributed by atoms with Gasteiger partial charge in [0.15, 0.2) is 5.78 Å². The van der Waals surface area contributed by atoms with E-state index in [0.717, 1.165) is 5.56 Å². The van der Waals surface area contributed by atoms with Gasteiger partial charge in [-0.15, -0.1) is 0 Å². The molecule has 0 aliphatic rings. The lowest BCUT2D eigenvalue weighted by atomic mass is 10.0. The van der Waals surface area contributed by atoms with E-state index in [1.807, 2.05) is 21.0 Å². The van der Waals surface area contributed by atoms with Crippen molar-refractivity contribution in [2.24, 2.45) is 0 Å². The molecule has 6 nitrogen and oxygen atoms in total. The van der Waals surface area contributed by atoms with Gasteiger partial charge in [-0.25, -0.2) is 0 Å². The van der Waals surface area contributed by atoms with Gasteiger partial charge in [-0.1, -0.05) is 29.8 Å². The Hall–Kier alpha value is -2.47. The van der Waals surface area contributed by atoms with E-state index >= 15 is 0 Å². The molecule has 23 heavy (non-hydrogen) atoms. The summed E-state index contributed by atoms with van der Waals surface area (Å²) < 4.78 is 0. The van der Waals surface area contributed by atoms with E-state index in [1.165, 1.54) is 18.6 Å². The van der Waals surface area contributed by atoms with Gasteiger partial charge < -0.3 is 10.2 Å². The second-order valence-corrected chi connectivity index (χ2v) is 5.82. The van der Waals surface area contributed by atoms with Gasteiger partial charge in [0, 0.05) is 13.5 Å². The number of aromatic nitrogens is 2. The molecule has 2 N–H and O–H groups in total. The summed E-state index contributed by atoms with van der Waals surface area (Å²) in [5.41, 5.74) is 2.88. The number of carbonyl (C=O) groups is 2. The van der Waals surface area contributed by atoms with E-state index in [4.69, 9.17) is 0 Å². The maximum absolute atomic E-state index is 12.2. The first-order valence-electron chi connectivity index (χ1n) is 7.46. The van der Waals surface area contributed by atoms with E-state index in [-0.39, 0.29) is 29.1 Å². The third-order valence-electron chi connectivity index (χ3n) is 3.72. The minimum atomic E-state index is -0.274. The number of ketones is 1. The molecule has 1 unspecified atom stereocenters. The first kappa shape index (κ1) is 16.9. The molecule has 0 aliphatic heterocycles. The minimum Gasteiger partial charge on any atom is -0.349 e. The van der Waals surface area contributed by atoms with Crippen molar-refractivity contribution in [2.75, 3.05) is 20.6 Å². The summed E-state index contributed by atoms with van der Waals surface area (Å²) in [6, 6.07) is 9.78. The highest BCUT2D eigenvalue weighted by atomic mass is 16.2. The maximum Gasteiger partial charge on any atom is 0.269 e. The number of likely N-dealkylation sites (N-methyl/N-ethyl adjacent to an activating group) is 1. The van der Waals surface area contributed by atoms with Gasteiger partial charge in [0.2, 0.25) is 0 Å². The Kier molecular flexibility index (Phi) is 5.28. The predicted molar refractivity (Wildman–Crippen MR) is 88.5 cm³/mol. The Balaban J connectivity index is 2.04. The van der Waals surface area contributed by atoms with Gasteiger partial charge in [0.05, 0.1) is 6.04 Å². The zero-order chi connectivity index (χ0) is 17.0. The molecule has 0 saturated heterocycles. The summed E-state index contributed by atoms with van der Waals surface area (Å²) in [5, 5.41) is 9.29. The van der Waals surface area contributed by atoms with Crippen LogP contribution in [-0.2, 0) is 0 Å². The summed E-state index contributed by atoms with van der Waals surface area (Å²) in [6.07, 6.45) is 0. The number of rotatable bonds is 6. The molecule has 2 aromatic rings. The number of aromatic amines is 1. The highest BCUT2D eigenvalue weighted by molar-refractivity contribution is 5.97. The van der Waals surface area contributed by atoms with Crippen molar-refractivity contribution >= 4 is 11.7 Å². The van der Waals surface area contributed by atoms with Crippen LogP contribution in [0.4, 0.5) is 0 Å². The van der Waals surface area contributed by atoms with Crippen LogP contribution in [0.2, 0.25) is 0 Å². The van der Waals surface area contributed by atoms with Crippen LogP contribution in [0.25, 0.3) is 0 Å². The molecule has 0 bridgehead atoms. The third-order valence-corrected chi connectivity index (χ3v) is 3.72. The Morgan fingerprint density at radius 3 is 2.43 bits per heavy atom. The molecule has 0 fully saturated rings. The second kappa shape index (κ2) is 7.19. The average Bonchev–Trinajstić information content (AvgIpc) is 2.99. The van der Waals surface area contributed by atoms with E-state index < -0.39 is 0 Å². The smallest absolute Gasteiger partial charge is 0.269 e. The van der Waals surface area contributed by atoms with Crippen LogP contribution in [0.1, 0.15) is 45.1 Å². The lowest BCUT2D eigenvalue weighted by Crippen LogP contribution is -2.34. The van der Waals surface area contributed by atoms with Gasteiger partial charge in [0.25, 0.3) is 5.91 Å². The number of aryl methyl sites for hydroxylation is 1. The second-order valence-electron chi connectivity index (χ2n) is 5.82. The van der Waals surface area contributed by atoms with Crippen molar-refractivity contribution in [3.63, 3.8) is 0 Å². The van der Waals surface area contributed by atoms with Crippen LogP contribution >= 0.6 is 0 Å². The standard InChI is InChI=1S/C17H22N4O2/c1-11-5-7-13(8-6-11)16(21(3)4)10-18-17(23)15-9-14(12(2)22)19-20-15/h5-9,16H,10H2,1-4H3,(H,18,23)(H,19,20). The van der Waals surface area contributed by atoms with E-state index in [1.54, 1.807) is 0 Å². The van der Waals surface area contributed by atoms with Crippen LogP contribution in [0.15, 0.2) is 30.3 Å². The van der Waals surface area contributed by atoms with Crippen molar-refractivity contribution in [1.82, 2.24) is 20.4 Å². The molecule has 1 aromatic carbocycles. The molecule has 0 saturated carbocycles. The molecule has 2 rings (SSSR count). The minimum absolute atomic E-state index is 0.0646. The fourth-order valence-electron chi connectivity index (χ4n) is 2.29. The quantitative estimate of drug-likeness (QED) is 0.799. The zero-order valence-corrected chi connectivity index (χ0v) is 13.9. The van der Waals surface area contributed by atoms with Gasteiger partial charge in [0.1, 0.15) is 11.4 Å². The Bertz CT molecular complexity index is 689. The molecular weight excluding hydrogens is 292 g/mol. The van der Waals surface area contributed by atoms with Crippen LogP contribution in [0.3, 0.4) is 0 Å². The van der Waals surface area contributed by atoms with Crippen LogP contribution < -0.4 is 5.32 Å². The maximum atomic E-state index is 12.2. The monoisotopic (exact) mass is 314 g/mol. The molecule has 0 radical (unpaired) electrons. The van der Waals surface area contributed by atoms with Crippen molar-refractivity contribution in [2.45, 2.75) is 19.9 Å². The lowest BCUT2D eigenvalue weighted by molar-refractivity contribution is 0.0936. The summed E-state index contributed by atoms with van der Waals surface area (Å²) >= 11 is 0. The van der Waals surface area contributed by atoms with Crippen molar-refractivity contribution in [3.05, 3.63) is 52.8 Å². The van der Waals surface area contributed by atoms with Gasteiger partial charge in [-0.2, -0.15) is 5.10 Å². The average molecular weight is 314 g/mol. The molecule has 0 spiro atoms.